The molecule has 0 aromatic heterocycles. The smallest absolute Gasteiger partial charge is 0.226 e. The molecular weight excluding hydrogens is 298 g/mol. The fourth-order valence-electron chi connectivity index (χ4n) is 4.79. The molecule has 2 atom stereocenters. The average molecular weight is 323 g/mol. The van der Waals surface area contributed by atoms with Gasteiger partial charge in [0.05, 0.1) is 11.3 Å². The van der Waals surface area contributed by atoms with Crippen LogP contribution in [-0.4, -0.2) is 37.0 Å². The van der Waals surface area contributed by atoms with Crippen LogP contribution >= 0.6 is 0 Å². The number of fused-ring (bicyclic) bond motifs is 1. The van der Waals surface area contributed by atoms with Gasteiger partial charge >= 0.3 is 0 Å². The van der Waals surface area contributed by atoms with Gasteiger partial charge in [-0.05, 0) is 43.2 Å². The van der Waals surface area contributed by atoms with E-state index in [2.05, 4.69) is 15.9 Å². The maximum absolute atomic E-state index is 12.9. The lowest BCUT2D eigenvalue weighted by Gasteiger charge is -2.24. The van der Waals surface area contributed by atoms with Crippen LogP contribution in [0.3, 0.4) is 0 Å². The second-order valence-corrected chi connectivity index (χ2v) is 7.43. The highest BCUT2D eigenvalue weighted by Gasteiger charge is 2.55. The number of rotatable bonds is 2. The Morgan fingerprint density at radius 2 is 1.75 bits per heavy atom. The first kappa shape index (κ1) is 15.5. The van der Waals surface area contributed by atoms with Gasteiger partial charge in [-0.25, -0.2) is 0 Å². The van der Waals surface area contributed by atoms with Crippen LogP contribution in [0, 0.1) is 29.1 Å². The summed E-state index contributed by atoms with van der Waals surface area (Å²) in [5.41, 5.74) is 1.74. The number of anilines is 1. The van der Waals surface area contributed by atoms with E-state index in [1.165, 1.54) is 25.7 Å². The second kappa shape index (κ2) is 6.47. The zero-order valence-corrected chi connectivity index (χ0v) is 14.2. The zero-order valence-electron chi connectivity index (χ0n) is 14.2. The maximum atomic E-state index is 12.9. The average Bonchev–Trinajstić information content (AvgIpc) is 3.40. The Labute approximate surface area is 144 Å². The molecule has 4 nitrogen and oxygen atoms in total. The van der Waals surface area contributed by atoms with Crippen molar-refractivity contribution in [3.8, 4) is 6.07 Å². The minimum absolute atomic E-state index is 0.324. The van der Waals surface area contributed by atoms with E-state index in [1.807, 2.05) is 24.3 Å². The van der Waals surface area contributed by atoms with Crippen LogP contribution in [0.2, 0.25) is 0 Å². The third-order valence-corrected chi connectivity index (χ3v) is 6.11. The standard InChI is InChI=1S/C20H25N3O/c21-14-15-6-1-4-9-18(15)22-10-5-11-23(13-12-22)20(24)19-16-7-2-3-8-17(16)19/h1,4,6,9,16-17,19H,2-3,5,7-8,10-13H2/t16-,17-/m1/s1. The summed E-state index contributed by atoms with van der Waals surface area (Å²) < 4.78 is 0. The van der Waals surface area contributed by atoms with Gasteiger partial charge < -0.3 is 9.80 Å². The van der Waals surface area contributed by atoms with Gasteiger partial charge in [0.25, 0.3) is 0 Å². The second-order valence-electron chi connectivity index (χ2n) is 7.43. The van der Waals surface area contributed by atoms with Gasteiger partial charge in [0, 0.05) is 32.1 Å². The molecule has 1 amide bonds. The predicted molar refractivity (Wildman–Crippen MR) is 93.5 cm³/mol. The number of amides is 1. The first-order valence-corrected chi connectivity index (χ1v) is 9.32. The first-order valence-electron chi connectivity index (χ1n) is 9.32. The molecule has 3 fully saturated rings. The van der Waals surface area contributed by atoms with Crippen LogP contribution in [-0.2, 0) is 4.79 Å². The molecule has 0 radical (unpaired) electrons. The molecule has 0 unspecified atom stereocenters. The highest BCUT2D eigenvalue weighted by molar-refractivity contribution is 5.82. The summed E-state index contributed by atoms with van der Waals surface area (Å²) in [6.07, 6.45) is 6.12. The van der Waals surface area contributed by atoms with Gasteiger partial charge in [-0.2, -0.15) is 5.26 Å². The van der Waals surface area contributed by atoms with E-state index in [4.69, 9.17) is 0 Å². The Morgan fingerprint density at radius 1 is 1.00 bits per heavy atom. The molecule has 1 saturated heterocycles. The van der Waals surface area contributed by atoms with Gasteiger partial charge in [-0.15, -0.1) is 0 Å². The van der Waals surface area contributed by atoms with E-state index in [0.717, 1.165) is 43.9 Å². The number of nitriles is 1. The molecule has 4 heteroatoms. The van der Waals surface area contributed by atoms with E-state index in [0.29, 0.717) is 23.7 Å². The Hall–Kier alpha value is -2.02. The fourth-order valence-corrected chi connectivity index (χ4v) is 4.79. The number of nitrogens with zero attached hydrogens (tertiary/aromatic N) is 3. The topological polar surface area (TPSA) is 47.3 Å². The zero-order chi connectivity index (χ0) is 16.5. The normalized spacial score (nSPS) is 29.4. The minimum atomic E-state index is 0.324. The van der Waals surface area contributed by atoms with Crippen molar-refractivity contribution in [3.63, 3.8) is 0 Å². The lowest BCUT2D eigenvalue weighted by molar-refractivity contribution is -0.133. The number of carbonyl (C=O) groups is 1. The van der Waals surface area contributed by atoms with E-state index >= 15 is 0 Å². The first-order chi connectivity index (χ1) is 11.8. The minimum Gasteiger partial charge on any atom is -0.369 e. The SMILES string of the molecule is N#Cc1ccccc1N1CCCN(C(=O)C2[C@@H]3CCCC[C@@H]23)CC1. The van der Waals surface area contributed by atoms with Crippen LogP contribution in [0.1, 0.15) is 37.7 Å². The Morgan fingerprint density at radius 3 is 2.50 bits per heavy atom. The van der Waals surface area contributed by atoms with Crippen LogP contribution in [0.25, 0.3) is 0 Å². The molecule has 0 N–H and O–H groups in total. The van der Waals surface area contributed by atoms with E-state index in [1.54, 1.807) is 0 Å². The number of benzene rings is 1. The molecule has 1 aromatic rings. The largest absolute Gasteiger partial charge is 0.369 e. The number of hydrogen-bond donors (Lipinski definition) is 0. The molecule has 2 aliphatic carbocycles. The molecule has 3 aliphatic rings. The van der Waals surface area contributed by atoms with Crippen LogP contribution in [0.15, 0.2) is 24.3 Å². The van der Waals surface area contributed by atoms with Crippen LogP contribution in [0.5, 0.6) is 0 Å². The summed E-state index contributed by atoms with van der Waals surface area (Å²) in [4.78, 5) is 17.3. The molecule has 1 aromatic carbocycles. The molecule has 0 spiro atoms. The van der Waals surface area contributed by atoms with Gasteiger partial charge in [-0.1, -0.05) is 25.0 Å². The number of para-hydroxylation sites is 1. The third kappa shape index (κ3) is 2.77. The van der Waals surface area contributed by atoms with Gasteiger partial charge in [0.1, 0.15) is 6.07 Å². The van der Waals surface area contributed by atoms with E-state index in [9.17, 15) is 10.1 Å². The monoisotopic (exact) mass is 323 g/mol. The molecular formula is C20H25N3O. The summed E-state index contributed by atoms with van der Waals surface area (Å²) in [7, 11) is 0. The van der Waals surface area contributed by atoms with E-state index in [-0.39, 0.29) is 0 Å². The quantitative estimate of drug-likeness (QED) is 0.840. The Kier molecular flexibility index (Phi) is 4.18. The van der Waals surface area contributed by atoms with Crippen molar-refractivity contribution >= 4 is 11.6 Å². The highest BCUT2D eigenvalue weighted by Crippen LogP contribution is 2.56. The molecule has 0 bridgehead atoms. The lowest BCUT2D eigenvalue weighted by Crippen LogP contribution is -2.36. The Balaban J connectivity index is 1.41. The highest BCUT2D eigenvalue weighted by atomic mass is 16.2. The van der Waals surface area contributed by atoms with E-state index < -0.39 is 0 Å². The third-order valence-electron chi connectivity index (χ3n) is 6.11. The summed E-state index contributed by atoms with van der Waals surface area (Å²) in [6.45, 7) is 3.39. The maximum Gasteiger partial charge on any atom is 0.226 e. The van der Waals surface area contributed by atoms with Crippen LogP contribution < -0.4 is 4.90 Å². The van der Waals surface area contributed by atoms with Crippen molar-refractivity contribution in [2.24, 2.45) is 17.8 Å². The number of carbonyl (C=O) groups excluding carboxylic acids is 1. The molecule has 4 rings (SSSR count). The summed E-state index contributed by atoms with van der Waals surface area (Å²) in [5, 5.41) is 9.32. The molecule has 126 valence electrons. The molecule has 24 heavy (non-hydrogen) atoms. The predicted octanol–water partition coefficient (Wildman–Crippen LogP) is 3.03. The van der Waals surface area contributed by atoms with Crippen molar-refractivity contribution in [3.05, 3.63) is 29.8 Å². The van der Waals surface area contributed by atoms with Gasteiger partial charge in [-0.3, -0.25) is 4.79 Å². The Bertz CT molecular complexity index is 653. The molecule has 2 saturated carbocycles. The summed E-state index contributed by atoms with van der Waals surface area (Å²) >= 11 is 0. The fraction of sp³-hybridized carbons (Fsp3) is 0.600. The van der Waals surface area contributed by atoms with Crippen molar-refractivity contribution in [2.75, 3.05) is 31.1 Å². The van der Waals surface area contributed by atoms with Crippen LogP contribution in [0.4, 0.5) is 5.69 Å². The van der Waals surface area contributed by atoms with Crippen molar-refractivity contribution in [1.82, 2.24) is 4.90 Å². The molecule has 1 aliphatic heterocycles. The van der Waals surface area contributed by atoms with Gasteiger partial charge in [0.2, 0.25) is 5.91 Å². The van der Waals surface area contributed by atoms with Crippen molar-refractivity contribution in [1.29, 1.82) is 5.26 Å². The van der Waals surface area contributed by atoms with Crippen molar-refractivity contribution < 1.29 is 4.79 Å². The van der Waals surface area contributed by atoms with Crippen molar-refractivity contribution in [2.45, 2.75) is 32.1 Å². The number of hydrogen-bond acceptors (Lipinski definition) is 3. The van der Waals surface area contributed by atoms with Gasteiger partial charge in [0.15, 0.2) is 0 Å². The molecule has 1 heterocycles. The summed E-state index contributed by atoms with van der Waals surface area (Å²) in [5.74, 6) is 2.10. The summed E-state index contributed by atoms with van der Waals surface area (Å²) in [6, 6.07) is 10.1. The lowest BCUT2D eigenvalue weighted by atomic mass is 10.0.